The number of anilines is 1. The largest absolute Gasteiger partial charge is 0.369 e. The lowest BCUT2D eigenvalue weighted by Crippen LogP contribution is -2.45. The number of carbonyl (C=O) groups is 1. The highest BCUT2D eigenvalue weighted by Gasteiger charge is 2.17. The molecular weight excluding hydrogens is 414 g/mol. The summed E-state index contributed by atoms with van der Waals surface area (Å²) in [5, 5.41) is 7.12. The zero-order valence-electron chi connectivity index (χ0n) is 19.8. The van der Waals surface area contributed by atoms with Crippen molar-refractivity contribution >= 4 is 11.6 Å². The highest BCUT2D eigenvalue weighted by atomic mass is 16.5. The average Bonchev–Trinajstić information content (AvgIpc) is 3.31. The third-order valence-electron chi connectivity index (χ3n) is 6.18. The lowest BCUT2D eigenvalue weighted by molar-refractivity contribution is -0.121. The predicted octanol–water partition coefficient (Wildman–Crippen LogP) is 3.86. The topological polar surface area (TPSA) is 74.5 Å². The van der Waals surface area contributed by atoms with Gasteiger partial charge >= 0.3 is 0 Å². The van der Waals surface area contributed by atoms with E-state index in [-0.39, 0.29) is 5.91 Å². The number of hydrogen-bond acceptors (Lipinski definition) is 6. The van der Waals surface area contributed by atoms with Crippen LogP contribution in [0.2, 0.25) is 0 Å². The number of rotatable bonds is 8. The first kappa shape index (κ1) is 23.0. The number of likely N-dealkylation sites (N-methyl/N-ethyl adjacent to an activating group) is 1. The molecule has 3 aromatic rings. The van der Waals surface area contributed by atoms with Crippen molar-refractivity contribution in [1.82, 2.24) is 20.4 Å². The SMILES string of the molecule is CC(C)c1ccc(-c2noc(CCC(=O)NCc3ccccc3N3CCN(C)CC3)n2)cc1. The molecule has 1 amide bonds. The molecule has 1 saturated heterocycles. The van der Waals surface area contributed by atoms with Crippen LogP contribution in [0.1, 0.15) is 43.2 Å². The number of carbonyl (C=O) groups excluding carboxylic acids is 1. The second-order valence-electron chi connectivity index (χ2n) is 8.98. The number of para-hydroxylation sites is 1. The zero-order valence-corrected chi connectivity index (χ0v) is 19.8. The van der Waals surface area contributed by atoms with E-state index >= 15 is 0 Å². The van der Waals surface area contributed by atoms with Crippen molar-refractivity contribution in [3.63, 3.8) is 0 Å². The standard InChI is InChI=1S/C26H33N5O2/c1-19(2)20-8-10-21(11-9-20)26-28-25(33-29-26)13-12-24(32)27-18-22-6-4-5-7-23(22)31-16-14-30(3)15-17-31/h4-11,19H,12-18H2,1-3H3,(H,27,32). The number of amides is 1. The molecule has 2 aromatic carbocycles. The van der Waals surface area contributed by atoms with Crippen LogP contribution in [0.25, 0.3) is 11.4 Å². The Labute approximate surface area is 195 Å². The van der Waals surface area contributed by atoms with E-state index in [1.807, 2.05) is 18.2 Å². The Morgan fingerprint density at radius 1 is 1.06 bits per heavy atom. The van der Waals surface area contributed by atoms with Gasteiger partial charge in [0.1, 0.15) is 0 Å². The van der Waals surface area contributed by atoms with E-state index in [0.717, 1.165) is 37.3 Å². The number of piperazine rings is 1. The fraction of sp³-hybridized carbons (Fsp3) is 0.423. The summed E-state index contributed by atoms with van der Waals surface area (Å²) in [6.07, 6.45) is 0.730. The van der Waals surface area contributed by atoms with Gasteiger partial charge in [-0.1, -0.05) is 61.5 Å². The summed E-state index contributed by atoms with van der Waals surface area (Å²) in [6, 6.07) is 16.5. The normalized spacial score (nSPS) is 14.6. The fourth-order valence-electron chi connectivity index (χ4n) is 4.01. The first-order chi connectivity index (χ1) is 16.0. The lowest BCUT2D eigenvalue weighted by Gasteiger charge is -2.35. The molecule has 0 spiro atoms. The molecule has 7 nitrogen and oxygen atoms in total. The summed E-state index contributed by atoms with van der Waals surface area (Å²) in [7, 11) is 2.15. The van der Waals surface area contributed by atoms with E-state index in [9.17, 15) is 4.79 Å². The van der Waals surface area contributed by atoms with Crippen molar-refractivity contribution in [2.24, 2.45) is 0 Å². The van der Waals surface area contributed by atoms with Gasteiger partial charge in [0.05, 0.1) is 0 Å². The molecule has 1 aliphatic rings. The minimum Gasteiger partial charge on any atom is -0.369 e. The molecule has 174 valence electrons. The number of hydrogen-bond donors (Lipinski definition) is 1. The predicted molar refractivity (Wildman–Crippen MR) is 130 cm³/mol. The van der Waals surface area contributed by atoms with E-state index in [2.05, 4.69) is 76.5 Å². The Hall–Kier alpha value is -3.19. The second kappa shape index (κ2) is 10.6. The van der Waals surface area contributed by atoms with Gasteiger partial charge in [-0.2, -0.15) is 4.98 Å². The third kappa shape index (κ3) is 5.99. The molecule has 0 aliphatic carbocycles. The van der Waals surface area contributed by atoms with Crippen LogP contribution >= 0.6 is 0 Å². The van der Waals surface area contributed by atoms with Gasteiger partial charge in [-0.25, -0.2) is 0 Å². The van der Waals surface area contributed by atoms with Crippen LogP contribution in [0.3, 0.4) is 0 Å². The van der Waals surface area contributed by atoms with E-state index < -0.39 is 0 Å². The van der Waals surface area contributed by atoms with Crippen LogP contribution in [-0.2, 0) is 17.8 Å². The van der Waals surface area contributed by atoms with Crippen molar-refractivity contribution in [2.75, 3.05) is 38.1 Å². The lowest BCUT2D eigenvalue weighted by atomic mass is 10.0. The van der Waals surface area contributed by atoms with Crippen molar-refractivity contribution in [3.05, 3.63) is 65.5 Å². The molecule has 1 N–H and O–H groups in total. The van der Waals surface area contributed by atoms with Gasteiger partial charge in [0, 0.05) is 56.8 Å². The summed E-state index contributed by atoms with van der Waals surface area (Å²) >= 11 is 0. The van der Waals surface area contributed by atoms with Crippen molar-refractivity contribution < 1.29 is 9.32 Å². The summed E-state index contributed by atoms with van der Waals surface area (Å²) < 4.78 is 5.37. The van der Waals surface area contributed by atoms with Crippen LogP contribution in [0, 0.1) is 0 Å². The summed E-state index contributed by atoms with van der Waals surface area (Å²) in [4.78, 5) is 21.7. The van der Waals surface area contributed by atoms with Crippen molar-refractivity contribution in [1.29, 1.82) is 0 Å². The molecule has 1 aliphatic heterocycles. The van der Waals surface area contributed by atoms with E-state index in [4.69, 9.17) is 4.52 Å². The maximum Gasteiger partial charge on any atom is 0.227 e. The van der Waals surface area contributed by atoms with Gasteiger partial charge < -0.3 is 19.6 Å². The number of nitrogens with one attached hydrogen (secondary N) is 1. The Bertz CT molecular complexity index is 1050. The first-order valence-corrected chi connectivity index (χ1v) is 11.7. The fourth-order valence-corrected chi connectivity index (χ4v) is 4.01. The highest BCUT2D eigenvalue weighted by molar-refractivity contribution is 5.76. The maximum absolute atomic E-state index is 12.5. The van der Waals surface area contributed by atoms with Crippen LogP contribution in [0.15, 0.2) is 53.1 Å². The molecular formula is C26H33N5O2. The smallest absolute Gasteiger partial charge is 0.227 e. The molecule has 0 atom stereocenters. The molecule has 2 heterocycles. The minimum atomic E-state index is -0.0239. The second-order valence-corrected chi connectivity index (χ2v) is 8.98. The summed E-state index contributed by atoms with van der Waals surface area (Å²) in [5.41, 5.74) is 4.53. The molecule has 0 saturated carbocycles. The van der Waals surface area contributed by atoms with Gasteiger partial charge in [-0.15, -0.1) is 0 Å². The average molecular weight is 448 g/mol. The molecule has 4 rings (SSSR count). The van der Waals surface area contributed by atoms with Gasteiger partial charge in [-0.05, 0) is 30.2 Å². The van der Waals surface area contributed by atoms with E-state index in [1.165, 1.54) is 11.3 Å². The zero-order chi connectivity index (χ0) is 23.2. The Kier molecular flexibility index (Phi) is 7.40. The van der Waals surface area contributed by atoms with Crippen LogP contribution in [0.5, 0.6) is 0 Å². The Balaban J connectivity index is 1.28. The Morgan fingerprint density at radius 3 is 2.52 bits per heavy atom. The molecule has 1 aromatic heterocycles. The molecule has 0 radical (unpaired) electrons. The number of nitrogens with zero attached hydrogens (tertiary/aromatic N) is 4. The molecule has 33 heavy (non-hydrogen) atoms. The third-order valence-corrected chi connectivity index (χ3v) is 6.18. The quantitative estimate of drug-likeness (QED) is 0.565. The summed E-state index contributed by atoms with van der Waals surface area (Å²) in [5.74, 6) is 1.49. The van der Waals surface area contributed by atoms with E-state index in [0.29, 0.717) is 37.0 Å². The maximum atomic E-state index is 12.5. The number of aromatic nitrogens is 2. The van der Waals surface area contributed by atoms with Gasteiger partial charge in [0.25, 0.3) is 0 Å². The van der Waals surface area contributed by atoms with Crippen molar-refractivity contribution in [2.45, 2.75) is 39.2 Å². The van der Waals surface area contributed by atoms with Crippen molar-refractivity contribution in [3.8, 4) is 11.4 Å². The molecule has 7 heteroatoms. The van der Waals surface area contributed by atoms with E-state index in [1.54, 1.807) is 0 Å². The Morgan fingerprint density at radius 2 is 1.79 bits per heavy atom. The first-order valence-electron chi connectivity index (χ1n) is 11.7. The van der Waals surface area contributed by atoms with Crippen LogP contribution in [-0.4, -0.2) is 54.2 Å². The molecule has 0 unspecified atom stereocenters. The van der Waals surface area contributed by atoms with Gasteiger partial charge in [-0.3, -0.25) is 4.79 Å². The van der Waals surface area contributed by atoms with Crippen LogP contribution < -0.4 is 10.2 Å². The number of benzene rings is 2. The van der Waals surface area contributed by atoms with Gasteiger partial charge in [0.15, 0.2) is 0 Å². The summed E-state index contributed by atoms with van der Waals surface area (Å²) in [6.45, 7) is 8.94. The number of aryl methyl sites for hydroxylation is 1. The molecule has 1 fully saturated rings. The van der Waals surface area contributed by atoms with Gasteiger partial charge in [0.2, 0.25) is 17.6 Å². The monoisotopic (exact) mass is 447 g/mol. The molecule has 0 bridgehead atoms. The highest BCUT2D eigenvalue weighted by Crippen LogP contribution is 2.22. The van der Waals surface area contributed by atoms with Crippen LogP contribution in [0.4, 0.5) is 5.69 Å². The minimum absolute atomic E-state index is 0.0239.